The Morgan fingerprint density at radius 1 is 0.500 bits per heavy atom. The van der Waals surface area contributed by atoms with Crippen LogP contribution in [-0.4, -0.2) is 46.9 Å². The molecule has 0 spiro atoms. The highest BCUT2D eigenvalue weighted by molar-refractivity contribution is 5.77. The summed E-state index contributed by atoms with van der Waals surface area (Å²) in [6.07, 6.45) is 60.8. The highest BCUT2D eigenvalue weighted by atomic mass is 16.5. The minimum atomic E-state index is -0.808. The Morgan fingerprint density at radius 3 is 1.37 bits per heavy atom. The molecule has 0 aromatic carbocycles. The van der Waals surface area contributed by atoms with Gasteiger partial charge >= 0.3 is 5.97 Å². The molecule has 0 saturated carbocycles. The number of nitrogens with one attached hydrogen (secondary N) is 1. The number of allylic oxidation sites excluding steroid dienone is 14. The van der Waals surface area contributed by atoms with Crippen molar-refractivity contribution in [3.8, 4) is 0 Å². The Bertz CT molecular complexity index is 1160. The summed E-state index contributed by atoms with van der Waals surface area (Å²) in [5.74, 6) is -0.562. The van der Waals surface area contributed by atoms with Gasteiger partial charge in [-0.15, -0.1) is 0 Å². The lowest BCUT2D eigenvalue weighted by atomic mass is 10.0. The molecule has 0 radical (unpaired) electrons. The van der Waals surface area contributed by atoms with Crippen molar-refractivity contribution < 1.29 is 24.5 Å². The predicted octanol–water partition coefficient (Wildman–Crippen LogP) is 14.8. The number of aliphatic hydroxyl groups is 2. The first-order chi connectivity index (χ1) is 29.5. The van der Waals surface area contributed by atoms with Crippen molar-refractivity contribution in [1.29, 1.82) is 0 Å². The molecule has 3 unspecified atom stereocenters. The Hall–Kier alpha value is -2.96. The summed E-state index contributed by atoms with van der Waals surface area (Å²) in [5.41, 5.74) is 0. The lowest BCUT2D eigenvalue weighted by Crippen LogP contribution is -2.46. The van der Waals surface area contributed by atoms with E-state index in [1.807, 2.05) is 42.5 Å². The number of hydrogen-bond donors (Lipinski definition) is 3. The highest BCUT2D eigenvalue weighted by Gasteiger charge is 2.24. The Balaban J connectivity index is 4.58. The molecular weight excluding hydrogens is 743 g/mol. The fourth-order valence-corrected chi connectivity index (χ4v) is 7.15. The van der Waals surface area contributed by atoms with Crippen molar-refractivity contribution in [3.05, 3.63) is 85.1 Å². The van der Waals surface area contributed by atoms with E-state index in [0.29, 0.717) is 19.3 Å². The first-order valence-corrected chi connectivity index (χ1v) is 24.9. The molecule has 0 aliphatic heterocycles. The van der Waals surface area contributed by atoms with Gasteiger partial charge < -0.3 is 20.3 Å². The van der Waals surface area contributed by atoms with E-state index in [4.69, 9.17) is 4.74 Å². The quantitative estimate of drug-likeness (QED) is 0.0323. The van der Waals surface area contributed by atoms with Crippen LogP contribution < -0.4 is 5.32 Å². The van der Waals surface area contributed by atoms with Crippen molar-refractivity contribution >= 4 is 11.9 Å². The van der Waals surface area contributed by atoms with Gasteiger partial charge in [-0.3, -0.25) is 9.59 Å². The maximum atomic E-state index is 13.2. The summed E-state index contributed by atoms with van der Waals surface area (Å²) in [6, 6.07) is -0.725. The monoisotopic (exact) mass is 836 g/mol. The molecule has 60 heavy (non-hydrogen) atoms. The van der Waals surface area contributed by atoms with Crippen LogP contribution in [0.2, 0.25) is 0 Å². The largest absolute Gasteiger partial charge is 0.462 e. The third kappa shape index (κ3) is 41.8. The minimum Gasteiger partial charge on any atom is -0.462 e. The van der Waals surface area contributed by atoms with Gasteiger partial charge in [-0.2, -0.15) is 0 Å². The van der Waals surface area contributed by atoms with Crippen LogP contribution >= 0.6 is 0 Å². The summed E-state index contributed by atoms with van der Waals surface area (Å²) >= 11 is 0. The second-order valence-corrected chi connectivity index (χ2v) is 16.6. The Kier molecular flexibility index (Phi) is 44.8. The topological polar surface area (TPSA) is 95.9 Å². The van der Waals surface area contributed by atoms with Crippen LogP contribution in [0.1, 0.15) is 220 Å². The third-order valence-corrected chi connectivity index (χ3v) is 10.9. The summed E-state index contributed by atoms with van der Waals surface area (Å²) in [4.78, 5) is 26.0. The van der Waals surface area contributed by atoms with Crippen molar-refractivity contribution in [2.45, 2.75) is 238 Å². The average Bonchev–Trinajstić information content (AvgIpc) is 3.24. The Morgan fingerprint density at radius 2 is 0.900 bits per heavy atom. The van der Waals surface area contributed by atoms with Gasteiger partial charge in [0.05, 0.1) is 25.2 Å². The third-order valence-electron chi connectivity index (χ3n) is 10.9. The van der Waals surface area contributed by atoms with Crippen LogP contribution in [0.3, 0.4) is 0 Å². The van der Waals surface area contributed by atoms with Gasteiger partial charge in [-0.1, -0.05) is 228 Å². The van der Waals surface area contributed by atoms with E-state index in [0.717, 1.165) is 83.5 Å². The molecule has 6 nitrogen and oxygen atoms in total. The minimum absolute atomic E-state index is 0.0342. The van der Waals surface area contributed by atoms with E-state index < -0.39 is 18.2 Å². The van der Waals surface area contributed by atoms with Crippen LogP contribution in [0.4, 0.5) is 0 Å². The van der Waals surface area contributed by atoms with Gasteiger partial charge in [0.25, 0.3) is 0 Å². The standard InChI is InChI=1S/C54H93NO5/c1-4-7-10-13-16-19-22-24-25-26-27-29-31-34-37-40-43-46-52(57)51(49-56)55-53(58)48-50(45-42-39-36-33-30-21-18-15-12-9-6-3)60-54(59)47-44-41-38-35-32-28-23-20-17-14-11-8-5-2/h8-9,11-12,14-15,17-18,20-21,23,28,30,32,50-52,56-57H,4-7,10,13,16,19,22,24-27,29,31,33-49H2,1-3H3,(H,55,58)/b11-8+,12-9+,17-14+,18-15+,23-20-,30-21-,32-28-. The number of aliphatic hydroxyl groups excluding tert-OH is 2. The molecule has 0 bridgehead atoms. The van der Waals surface area contributed by atoms with E-state index in [-0.39, 0.29) is 24.9 Å². The lowest BCUT2D eigenvalue weighted by molar-refractivity contribution is -0.151. The molecule has 0 rings (SSSR count). The van der Waals surface area contributed by atoms with Crippen LogP contribution in [0.25, 0.3) is 0 Å². The smallest absolute Gasteiger partial charge is 0.306 e. The summed E-state index contributed by atoms with van der Waals surface area (Å²) in [6.45, 7) is 6.18. The van der Waals surface area contributed by atoms with Gasteiger partial charge in [0, 0.05) is 6.42 Å². The van der Waals surface area contributed by atoms with E-state index in [9.17, 15) is 19.8 Å². The van der Waals surface area contributed by atoms with E-state index in [2.05, 4.69) is 68.6 Å². The number of carbonyl (C=O) groups excluding carboxylic acids is 2. The predicted molar refractivity (Wildman–Crippen MR) is 259 cm³/mol. The van der Waals surface area contributed by atoms with E-state index in [1.165, 1.54) is 89.9 Å². The van der Waals surface area contributed by atoms with Crippen molar-refractivity contribution in [2.24, 2.45) is 0 Å². The molecule has 344 valence electrons. The zero-order valence-electron chi connectivity index (χ0n) is 39.1. The van der Waals surface area contributed by atoms with E-state index in [1.54, 1.807) is 0 Å². The number of rotatable bonds is 43. The average molecular weight is 836 g/mol. The van der Waals surface area contributed by atoms with Gasteiger partial charge in [-0.05, 0) is 64.2 Å². The normalized spacial score (nSPS) is 14.0. The highest BCUT2D eigenvalue weighted by Crippen LogP contribution is 2.17. The maximum absolute atomic E-state index is 13.2. The number of amides is 1. The fourth-order valence-electron chi connectivity index (χ4n) is 7.15. The molecule has 0 fully saturated rings. The van der Waals surface area contributed by atoms with Crippen LogP contribution in [0, 0.1) is 0 Å². The van der Waals surface area contributed by atoms with Gasteiger partial charge in [0.1, 0.15) is 6.10 Å². The zero-order valence-corrected chi connectivity index (χ0v) is 39.1. The molecule has 3 atom stereocenters. The maximum Gasteiger partial charge on any atom is 0.306 e. The second-order valence-electron chi connectivity index (χ2n) is 16.6. The zero-order chi connectivity index (χ0) is 43.8. The second kappa shape index (κ2) is 47.1. The Labute approximate surface area is 370 Å². The molecule has 0 heterocycles. The summed E-state index contributed by atoms with van der Waals surface area (Å²) < 4.78 is 5.87. The van der Waals surface area contributed by atoms with Crippen LogP contribution in [0.15, 0.2) is 85.1 Å². The number of esters is 1. The first kappa shape index (κ1) is 57.0. The first-order valence-electron chi connectivity index (χ1n) is 24.9. The SMILES string of the molecule is CC/C=C/C=C/C=C\C=C/CCCCCC(=O)OC(CCCCC\C=C/C=C/C=C/CC)CC(=O)NC(CO)C(O)CCCCCCCCCCCCCCCCCCC. The van der Waals surface area contributed by atoms with Gasteiger partial charge in [0.15, 0.2) is 0 Å². The van der Waals surface area contributed by atoms with E-state index >= 15 is 0 Å². The number of hydrogen-bond acceptors (Lipinski definition) is 5. The number of unbranched alkanes of at least 4 members (excludes halogenated alkanes) is 22. The number of ether oxygens (including phenoxy) is 1. The molecule has 6 heteroatoms. The van der Waals surface area contributed by atoms with Crippen molar-refractivity contribution in [3.63, 3.8) is 0 Å². The molecule has 0 aromatic heterocycles. The van der Waals surface area contributed by atoms with Crippen molar-refractivity contribution in [2.75, 3.05) is 6.61 Å². The molecule has 0 aliphatic rings. The summed E-state index contributed by atoms with van der Waals surface area (Å²) in [7, 11) is 0. The molecule has 3 N–H and O–H groups in total. The lowest BCUT2D eigenvalue weighted by Gasteiger charge is -2.24. The fraction of sp³-hybridized carbons (Fsp3) is 0.704. The molecular formula is C54H93NO5. The van der Waals surface area contributed by atoms with Gasteiger partial charge in [0.2, 0.25) is 5.91 Å². The van der Waals surface area contributed by atoms with Gasteiger partial charge in [-0.25, -0.2) is 0 Å². The van der Waals surface area contributed by atoms with Crippen molar-refractivity contribution in [1.82, 2.24) is 5.32 Å². The number of carbonyl (C=O) groups is 2. The summed E-state index contributed by atoms with van der Waals surface area (Å²) in [5, 5.41) is 23.7. The molecule has 0 saturated heterocycles. The molecule has 0 aliphatic carbocycles. The van der Waals surface area contributed by atoms with Crippen LogP contribution in [-0.2, 0) is 14.3 Å². The molecule has 0 aromatic rings. The van der Waals surface area contributed by atoms with Crippen LogP contribution in [0.5, 0.6) is 0 Å². The molecule has 1 amide bonds.